The van der Waals surface area contributed by atoms with E-state index >= 15 is 0 Å². The fourth-order valence-corrected chi connectivity index (χ4v) is 3.27. The average Bonchev–Trinajstić information content (AvgIpc) is 3.19. The highest BCUT2D eigenvalue weighted by atomic mass is 35.5. The number of guanidine groups is 1. The van der Waals surface area contributed by atoms with Crippen LogP contribution in [0.3, 0.4) is 0 Å². The van der Waals surface area contributed by atoms with Crippen LogP contribution < -0.4 is 20.9 Å². The van der Waals surface area contributed by atoms with E-state index in [9.17, 15) is 4.79 Å². The number of pyridine rings is 2. The number of nitrogens with one attached hydrogen (secondary N) is 3. The van der Waals surface area contributed by atoms with Crippen molar-refractivity contribution in [3.05, 3.63) is 53.4 Å². The van der Waals surface area contributed by atoms with Crippen molar-refractivity contribution in [3.63, 3.8) is 0 Å². The summed E-state index contributed by atoms with van der Waals surface area (Å²) in [5, 5.41) is 10.1. The smallest absolute Gasteiger partial charge is 0.252 e. The molecule has 0 aliphatic carbocycles. The van der Waals surface area contributed by atoms with Crippen molar-refractivity contribution >= 4 is 29.3 Å². The van der Waals surface area contributed by atoms with Gasteiger partial charge in [0.2, 0.25) is 0 Å². The number of carbonyl (C=O) groups excluding carboxylic acids is 1. The van der Waals surface area contributed by atoms with Gasteiger partial charge in [-0.3, -0.25) is 14.8 Å². The van der Waals surface area contributed by atoms with Gasteiger partial charge in [0.1, 0.15) is 5.82 Å². The maximum absolute atomic E-state index is 12.0. The quantitative estimate of drug-likeness (QED) is 0.384. The Hall–Kier alpha value is -2.87. The zero-order chi connectivity index (χ0) is 19.8. The van der Waals surface area contributed by atoms with Gasteiger partial charge in [-0.05, 0) is 30.7 Å². The van der Waals surface area contributed by atoms with Gasteiger partial charge in [-0.25, -0.2) is 4.98 Å². The highest BCUT2D eigenvalue weighted by molar-refractivity contribution is 6.32. The summed E-state index contributed by atoms with van der Waals surface area (Å²) >= 11 is 6.24. The fraction of sp³-hybridized carbons (Fsp3) is 0.368. The van der Waals surface area contributed by atoms with Crippen molar-refractivity contribution < 1.29 is 4.79 Å². The van der Waals surface area contributed by atoms with Crippen molar-refractivity contribution in [2.45, 2.75) is 12.5 Å². The van der Waals surface area contributed by atoms with Crippen LogP contribution in [0.2, 0.25) is 5.02 Å². The lowest BCUT2D eigenvalue weighted by Crippen LogP contribution is -2.46. The van der Waals surface area contributed by atoms with Crippen LogP contribution in [0.4, 0.5) is 5.82 Å². The molecule has 0 bridgehead atoms. The molecule has 3 heterocycles. The van der Waals surface area contributed by atoms with Gasteiger partial charge in [-0.2, -0.15) is 0 Å². The van der Waals surface area contributed by atoms with Crippen LogP contribution in [0.25, 0.3) is 0 Å². The Kier molecular flexibility index (Phi) is 7.02. The van der Waals surface area contributed by atoms with E-state index in [0.29, 0.717) is 29.6 Å². The van der Waals surface area contributed by atoms with E-state index in [2.05, 4.69) is 35.8 Å². The topological polar surface area (TPSA) is 94.5 Å². The van der Waals surface area contributed by atoms with Gasteiger partial charge in [-0.1, -0.05) is 11.6 Å². The zero-order valence-corrected chi connectivity index (χ0v) is 16.5. The lowest BCUT2D eigenvalue weighted by atomic mass is 10.3. The van der Waals surface area contributed by atoms with Crippen molar-refractivity contribution in [1.82, 2.24) is 25.9 Å². The first kappa shape index (κ1) is 19.9. The number of rotatable bonds is 6. The summed E-state index contributed by atoms with van der Waals surface area (Å²) in [5.41, 5.74) is 0.546. The maximum Gasteiger partial charge on any atom is 0.252 e. The first-order chi connectivity index (χ1) is 13.7. The lowest BCUT2D eigenvalue weighted by Gasteiger charge is -2.20. The van der Waals surface area contributed by atoms with E-state index in [-0.39, 0.29) is 11.9 Å². The third-order valence-electron chi connectivity index (χ3n) is 4.42. The molecule has 1 saturated heterocycles. The number of amides is 1. The van der Waals surface area contributed by atoms with Crippen LogP contribution in [0.5, 0.6) is 0 Å². The number of anilines is 1. The Morgan fingerprint density at radius 3 is 2.86 bits per heavy atom. The molecule has 3 N–H and O–H groups in total. The number of nitrogens with zero attached hydrogens (tertiary/aromatic N) is 4. The molecule has 0 radical (unpaired) electrons. The molecule has 1 aliphatic heterocycles. The van der Waals surface area contributed by atoms with Crippen molar-refractivity contribution in [1.29, 1.82) is 0 Å². The van der Waals surface area contributed by atoms with E-state index in [1.54, 1.807) is 37.8 Å². The number of hydrogen-bond donors (Lipinski definition) is 3. The monoisotopic (exact) mass is 401 g/mol. The first-order valence-electron chi connectivity index (χ1n) is 9.18. The summed E-state index contributed by atoms with van der Waals surface area (Å²) < 4.78 is 0. The number of aromatic nitrogens is 2. The summed E-state index contributed by atoms with van der Waals surface area (Å²) in [6.45, 7) is 2.73. The Bertz CT molecular complexity index is 815. The predicted molar refractivity (Wildman–Crippen MR) is 111 cm³/mol. The lowest BCUT2D eigenvalue weighted by molar-refractivity contribution is 0.0954. The molecule has 28 heavy (non-hydrogen) atoms. The first-order valence-corrected chi connectivity index (χ1v) is 9.56. The van der Waals surface area contributed by atoms with Gasteiger partial charge >= 0.3 is 0 Å². The second-order valence-electron chi connectivity index (χ2n) is 6.38. The van der Waals surface area contributed by atoms with E-state index in [4.69, 9.17) is 11.6 Å². The second-order valence-corrected chi connectivity index (χ2v) is 6.79. The normalized spacial score (nSPS) is 16.7. The summed E-state index contributed by atoms with van der Waals surface area (Å²) in [4.78, 5) is 26.7. The van der Waals surface area contributed by atoms with E-state index in [0.717, 1.165) is 25.3 Å². The van der Waals surface area contributed by atoms with Crippen molar-refractivity contribution in [2.75, 3.05) is 38.1 Å². The minimum absolute atomic E-state index is 0.142. The fourth-order valence-electron chi connectivity index (χ4n) is 3.02. The largest absolute Gasteiger partial charge is 0.355 e. The van der Waals surface area contributed by atoms with E-state index in [1.807, 2.05) is 12.1 Å². The Morgan fingerprint density at radius 1 is 1.29 bits per heavy atom. The van der Waals surface area contributed by atoms with Crippen LogP contribution in [-0.4, -0.2) is 61.1 Å². The molecule has 0 aromatic carbocycles. The molecule has 2 aromatic heterocycles. The van der Waals surface area contributed by atoms with Crippen LogP contribution in [0, 0.1) is 0 Å². The minimum Gasteiger partial charge on any atom is -0.355 e. The van der Waals surface area contributed by atoms with E-state index in [1.165, 1.54) is 0 Å². The van der Waals surface area contributed by atoms with Gasteiger partial charge < -0.3 is 20.9 Å². The zero-order valence-electron chi connectivity index (χ0n) is 15.7. The molecule has 0 saturated carbocycles. The Labute approximate surface area is 169 Å². The van der Waals surface area contributed by atoms with Crippen LogP contribution in [-0.2, 0) is 0 Å². The van der Waals surface area contributed by atoms with Crippen molar-refractivity contribution in [3.8, 4) is 0 Å². The molecule has 1 amide bonds. The molecule has 0 spiro atoms. The third-order valence-corrected chi connectivity index (χ3v) is 4.71. The SMILES string of the molecule is CN=C(NCCNC(=O)c1cccnc1)NC1CCN(c2ncccc2Cl)C1. The highest BCUT2D eigenvalue weighted by Crippen LogP contribution is 2.25. The van der Waals surface area contributed by atoms with E-state index < -0.39 is 0 Å². The molecular formula is C19H24ClN7O. The third kappa shape index (κ3) is 5.32. The van der Waals surface area contributed by atoms with Gasteiger partial charge in [0, 0.05) is 57.9 Å². The summed E-state index contributed by atoms with van der Waals surface area (Å²) in [5.74, 6) is 1.38. The molecule has 1 fully saturated rings. The van der Waals surface area contributed by atoms with Gasteiger partial charge in [-0.15, -0.1) is 0 Å². The number of halogens is 1. The minimum atomic E-state index is -0.142. The molecule has 148 valence electrons. The Balaban J connectivity index is 1.40. The number of aliphatic imine (C=N–C) groups is 1. The summed E-state index contributed by atoms with van der Waals surface area (Å²) in [6, 6.07) is 7.40. The molecule has 8 nitrogen and oxygen atoms in total. The summed E-state index contributed by atoms with van der Waals surface area (Å²) in [6.07, 6.45) is 5.90. The maximum atomic E-state index is 12.0. The van der Waals surface area contributed by atoms with Gasteiger partial charge in [0.05, 0.1) is 10.6 Å². The molecule has 1 atom stereocenters. The molecule has 9 heteroatoms. The van der Waals surface area contributed by atoms with Crippen LogP contribution >= 0.6 is 11.6 Å². The van der Waals surface area contributed by atoms with Gasteiger partial charge in [0.15, 0.2) is 5.96 Å². The second kappa shape index (κ2) is 9.89. The molecule has 1 aliphatic rings. The predicted octanol–water partition coefficient (Wildman–Crippen LogP) is 1.30. The molecule has 3 rings (SSSR count). The highest BCUT2D eigenvalue weighted by Gasteiger charge is 2.25. The Morgan fingerprint density at radius 2 is 2.11 bits per heavy atom. The molecular weight excluding hydrogens is 378 g/mol. The van der Waals surface area contributed by atoms with Crippen molar-refractivity contribution in [2.24, 2.45) is 4.99 Å². The molecule has 1 unspecified atom stereocenters. The van der Waals surface area contributed by atoms with Gasteiger partial charge in [0.25, 0.3) is 5.91 Å². The summed E-state index contributed by atoms with van der Waals surface area (Å²) in [7, 11) is 1.73. The number of carbonyl (C=O) groups is 1. The average molecular weight is 402 g/mol. The van der Waals surface area contributed by atoms with Crippen LogP contribution in [0.1, 0.15) is 16.8 Å². The molecule has 2 aromatic rings. The number of hydrogen-bond acceptors (Lipinski definition) is 5. The van der Waals surface area contributed by atoms with Crippen LogP contribution in [0.15, 0.2) is 47.8 Å². The standard InChI is InChI=1S/C19H24ClN7O/c1-21-19(25-10-9-24-18(28)14-4-2-7-22-12-14)26-15-6-11-27(13-15)17-16(20)5-3-8-23-17/h2-5,7-8,12,15H,6,9-11,13H2,1H3,(H,24,28)(H2,21,25,26).